The highest BCUT2D eigenvalue weighted by atomic mass is 32.2. The average Bonchev–Trinajstić information content (AvgIpc) is 2.42. The van der Waals surface area contributed by atoms with Gasteiger partial charge in [0.2, 0.25) is 5.91 Å². The Balaban J connectivity index is 2.62. The van der Waals surface area contributed by atoms with E-state index in [1.807, 2.05) is 30.3 Å². The van der Waals surface area contributed by atoms with E-state index in [1.165, 1.54) is 6.92 Å². The van der Waals surface area contributed by atoms with Crippen molar-refractivity contribution in [3.8, 4) is 0 Å². The van der Waals surface area contributed by atoms with Gasteiger partial charge in [0.15, 0.2) is 5.37 Å². The third-order valence-corrected chi connectivity index (χ3v) is 3.86. The van der Waals surface area contributed by atoms with Gasteiger partial charge in [-0.25, -0.2) is 0 Å². The lowest BCUT2D eigenvalue weighted by Gasteiger charge is -2.16. The fourth-order valence-corrected chi connectivity index (χ4v) is 2.43. The normalized spacial score (nSPS) is 13.4. The van der Waals surface area contributed by atoms with Gasteiger partial charge in [0.25, 0.3) is 5.91 Å². The summed E-state index contributed by atoms with van der Waals surface area (Å²) in [5.41, 5.74) is 0.944. The number of nitrogens with one attached hydrogen (secondary N) is 2. The van der Waals surface area contributed by atoms with Crippen LogP contribution in [0.25, 0.3) is 0 Å². The third-order valence-electron chi connectivity index (χ3n) is 2.43. The Morgan fingerprint density at radius 3 is 2.42 bits per heavy atom. The summed E-state index contributed by atoms with van der Waals surface area (Å²) in [6, 6.07) is 9.39. The van der Waals surface area contributed by atoms with E-state index < -0.39 is 22.1 Å². The van der Waals surface area contributed by atoms with Gasteiger partial charge in [-0.2, -0.15) is 0 Å². The Hall–Kier alpha value is -1.69. The Morgan fingerprint density at radius 2 is 1.89 bits per heavy atom. The van der Waals surface area contributed by atoms with Crippen LogP contribution in [-0.4, -0.2) is 27.1 Å². The Labute approximate surface area is 115 Å². The number of carbonyl (C=O) groups excluding carboxylic acids is 2. The quantitative estimate of drug-likeness (QED) is 0.799. The smallest absolute Gasteiger partial charge is 0.256 e. The van der Waals surface area contributed by atoms with Crippen molar-refractivity contribution >= 4 is 22.6 Å². The second kappa shape index (κ2) is 7.68. The lowest BCUT2D eigenvalue weighted by Crippen LogP contribution is -2.48. The van der Waals surface area contributed by atoms with E-state index in [4.69, 9.17) is 0 Å². The molecule has 2 N–H and O–H groups in total. The molecular weight excluding hydrogens is 264 g/mol. The van der Waals surface area contributed by atoms with Gasteiger partial charge >= 0.3 is 0 Å². The minimum Gasteiger partial charge on any atom is -0.349 e. The van der Waals surface area contributed by atoms with Gasteiger partial charge in [-0.1, -0.05) is 37.3 Å². The maximum absolute atomic E-state index is 11.9. The van der Waals surface area contributed by atoms with Crippen molar-refractivity contribution in [2.24, 2.45) is 0 Å². The van der Waals surface area contributed by atoms with Crippen LogP contribution in [0.3, 0.4) is 0 Å². The van der Waals surface area contributed by atoms with Crippen LogP contribution in [0.15, 0.2) is 30.3 Å². The molecule has 2 amide bonds. The van der Waals surface area contributed by atoms with E-state index in [0.29, 0.717) is 12.3 Å². The molecule has 0 aliphatic heterocycles. The Morgan fingerprint density at radius 1 is 1.26 bits per heavy atom. The van der Waals surface area contributed by atoms with Crippen LogP contribution in [0.2, 0.25) is 0 Å². The summed E-state index contributed by atoms with van der Waals surface area (Å²) in [4.78, 5) is 23.0. The molecule has 0 radical (unpaired) electrons. The minimum absolute atomic E-state index is 0.309. The first-order valence-electron chi connectivity index (χ1n) is 6.00. The van der Waals surface area contributed by atoms with Crippen LogP contribution in [0.1, 0.15) is 19.4 Å². The fourth-order valence-electron chi connectivity index (χ4n) is 1.48. The molecule has 0 unspecified atom stereocenters. The SMILES string of the molecule is CC[S@](=O)[C@@H](NC(C)=O)C(=O)NCc1ccccc1. The molecule has 19 heavy (non-hydrogen) atoms. The summed E-state index contributed by atoms with van der Waals surface area (Å²) >= 11 is 0. The van der Waals surface area contributed by atoms with E-state index in [2.05, 4.69) is 10.6 Å². The number of amides is 2. The first-order valence-corrected chi connectivity index (χ1v) is 7.38. The minimum atomic E-state index is -1.42. The number of hydrogen-bond acceptors (Lipinski definition) is 3. The highest BCUT2D eigenvalue weighted by molar-refractivity contribution is 7.86. The molecule has 0 aliphatic carbocycles. The van der Waals surface area contributed by atoms with E-state index in [1.54, 1.807) is 6.92 Å². The summed E-state index contributed by atoms with van der Waals surface area (Å²) in [6.07, 6.45) is 0. The van der Waals surface area contributed by atoms with Crippen molar-refractivity contribution in [3.05, 3.63) is 35.9 Å². The average molecular weight is 282 g/mol. The Kier molecular flexibility index (Phi) is 6.21. The van der Waals surface area contributed by atoms with Crippen molar-refractivity contribution in [1.82, 2.24) is 10.6 Å². The van der Waals surface area contributed by atoms with Crippen LogP contribution in [-0.2, 0) is 26.9 Å². The lowest BCUT2D eigenvalue weighted by molar-refractivity contribution is -0.126. The highest BCUT2D eigenvalue weighted by Gasteiger charge is 2.24. The fraction of sp³-hybridized carbons (Fsp3) is 0.385. The second-order valence-electron chi connectivity index (χ2n) is 3.95. The molecular formula is C13H18N2O3S. The molecule has 5 nitrogen and oxygen atoms in total. The summed E-state index contributed by atoms with van der Waals surface area (Å²) in [5, 5.41) is 4.09. The van der Waals surface area contributed by atoms with Crippen LogP contribution in [0.4, 0.5) is 0 Å². The topological polar surface area (TPSA) is 75.3 Å². The lowest BCUT2D eigenvalue weighted by atomic mass is 10.2. The molecule has 0 fully saturated rings. The molecule has 1 aromatic rings. The van der Waals surface area contributed by atoms with Crippen LogP contribution in [0, 0.1) is 0 Å². The maximum atomic E-state index is 11.9. The van der Waals surface area contributed by atoms with E-state index in [0.717, 1.165) is 5.56 Å². The molecule has 1 aromatic carbocycles. The maximum Gasteiger partial charge on any atom is 0.256 e. The molecule has 6 heteroatoms. The molecule has 2 atom stereocenters. The largest absolute Gasteiger partial charge is 0.349 e. The van der Waals surface area contributed by atoms with Gasteiger partial charge in [-0.05, 0) is 5.56 Å². The van der Waals surface area contributed by atoms with Crippen molar-refractivity contribution < 1.29 is 13.8 Å². The first-order chi connectivity index (χ1) is 9.04. The van der Waals surface area contributed by atoms with Gasteiger partial charge < -0.3 is 10.6 Å². The molecule has 0 aliphatic rings. The summed E-state index contributed by atoms with van der Waals surface area (Å²) < 4.78 is 11.7. The molecule has 0 bridgehead atoms. The third kappa shape index (κ3) is 5.21. The van der Waals surface area contributed by atoms with Crippen molar-refractivity contribution in [3.63, 3.8) is 0 Å². The summed E-state index contributed by atoms with van der Waals surface area (Å²) in [7, 11) is -1.42. The Bertz CT molecular complexity index is 462. The molecule has 1 rings (SSSR count). The predicted molar refractivity (Wildman–Crippen MR) is 74.6 cm³/mol. The molecule has 0 saturated heterocycles. The van der Waals surface area contributed by atoms with Crippen molar-refractivity contribution in [2.75, 3.05) is 5.75 Å². The molecule has 0 saturated carbocycles. The molecule has 104 valence electrons. The molecule has 0 aromatic heterocycles. The molecule has 0 heterocycles. The standard InChI is InChI=1S/C13H18N2O3S/c1-3-19(18)13(15-10(2)16)12(17)14-9-11-7-5-4-6-8-11/h4-8,13H,3,9H2,1-2H3,(H,14,17)(H,15,16)/t13-,19+/m1/s1. The van der Waals surface area contributed by atoms with Gasteiger partial charge in [0, 0.05) is 19.2 Å². The highest BCUT2D eigenvalue weighted by Crippen LogP contribution is 1.99. The number of rotatable bonds is 6. The van der Waals surface area contributed by atoms with Crippen LogP contribution in [0.5, 0.6) is 0 Å². The van der Waals surface area contributed by atoms with E-state index in [9.17, 15) is 13.8 Å². The van der Waals surface area contributed by atoms with E-state index in [-0.39, 0.29) is 5.91 Å². The van der Waals surface area contributed by atoms with E-state index >= 15 is 0 Å². The number of carbonyl (C=O) groups is 2. The zero-order valence-electron chi connectivity index (χ0n) is 11.0. The van der Waals surface area contributed by atoms with Gasteiger partial charge in [0.1, 0.15) is 0 Å². The monoisotopic (exact) mass is 282 g/mol. The van der Waals surface area contributed by atoms with Crippen molar-refractivity contribution in [1.29, 1.82) is 0 Å². The van der Waals surface area contributed by atoms with Crippen LogP contribution >= 0.6 is 0 Å². The van der Waals surface area contributed by atoms with Gasteiger partial charge in [-0.15, -0.1) is 0 Å². The first kappa shape index (κ1) is 15.4. The van der Waals surface area contributed by atoms with Gasteiger partial charge in [0.05, 0.1) is 10.8 Å². The van der Waals surface area contributed by atoms with Crippen molar-refractivity contribution in [2.45, 2.75) is 25.8 Å². The zero-order chi connectivity index (χ0) is 14.3. The van der Waals surface area contributed by atoms with Gasteiger partial charge in [-0.3, -0.25) is 13.8 Å². The predicted octanol–water partition coefficient (Wildman–Crippen LogP) is 0.534. The van der Waals surface area contributed by atoms with Crippen LogP contribution < -0.4 is 10.6 Å². The second-order valence-corrected chi connectivity index (χ2v) is 5.76. The number of benzene rings is 1. The number of hydrogen-bond donors (Lipinski definition) is 2. The summed E-state index contributed by atoms with van der Waals surface area (Å²) in [6.45, 7) is 3.34. The summed E-state index contributed by atoms with van der Waals surface area (Å²) in [5.74, 6) is -0.495. The molecule has 0 spiro atoms. The zero-order valence-corrected chi connectivity index (χ0v) is 11.8.